The molecule has 1 fully saturated rings. The van der Waals surface area contributed by atoms with Gasteiger partial charge in [0.1, 0.15) is 24.1 Å². The fraction of sp³-hybridized carbons (Fsp3) is 0.292. The Labute approximate surface area is 208 Å². The summed E-state index contributed by atoms with van der Waals surface area (Å²) in [5.41, 5.74) is -1.11. The molecule has 1 aliphatic heterocycles. The highest BCUT2D eigenvalue weighted by atomic mass is 32.2. The van der Waals surface area contributed by atoms with E-state index in [9.17, 15) is 39.6 Å². The normalized spacial score (nSPS) is 18.8. The van der Waals surface area contributed by atoms with Gasteiger partial charge in [0.2, 0.25) is 10.0 Å². The van der Waals surface area contributed by atoms with Crippen molar-refractivity contribution in [3.63, 3.8) is 0 Å². The second-order valence-electron chi connectivity index (χ2n) is 8.43. The van der Waals surface area contributed by atoms with Crippen LogP contribution in [0.1, 0.15) is 24.1 Å². The molecule has 1 aliphatic rings. The third-order valence-corrected chi connectivity index (χ3v) is 7.81. The van der Waals surface area contributed by atoms with E-state index >= 15 is 0 Å². The number of benzene rings is 2. The lowest BCUT2D eigenvalue weighted by Crippen LogP contribution is -2.40. The van der Waals surface area contributed by atoms with Crippen molar-refractivity contribution in [1.82, 2.24) is 14.3 Å². The van der Waals surface area contributed by atoms with Crippen LogP contribution >= 0.6 is 0 Å². The molecular weight excluding hydrogens is 524 g/mol. The third-order valence-electron chi connectivity index (χ3n) is 5.92. The van der Waals surface area contributed by atoms with E-state index in [2.05, 4.69) is 9.97 Å². The molecule has 0 amide bonds. The number of hydrogen-bond donors (Lipinski definition) is 0. The van der Waals surface area contributed by atoms with Gasteiger partial charge in [-0.3, -0.25) is 4.79 Å². The van der Waals surface area contributed by atoms with Gasteiger partial charge in [-0.25, -0.2) is 31.6 Å². The molecule has 2 heterocycles. The molecule has 0 N–H and O–H groups in total. The van der Waals surface area contributed by atoms with Gasteiger partial charge in [-0.1, -0.05) is 0 Å². The zero-order chi connectivity index (χ0) is 27.0. The Morgan fingerprint density at radius 3 is 2.38 bits per heavy atom. The smallest absolute Gasteiger partial charge is 0.298 e. The monoisotopic (exact) mass is 543 g/mol. The Balaban J connectivity index is 1.49. The minimum atomic E-state index is -4.71. The van der Waals surface area contributed by atoms with Crippen LogP contribution in [-0.2, 0) is 27.4 Å². The number of sulfonamides is 1. The second kappa shape index (κ2) is 10.2. The summed E-state index contributed by atoms with van der Waals surface area (Å²) in [4.78, 5) is 20.5. The average Bonchev–Trinajstić information content (AvgIpc) is 3.25. The number of aromatic nitrogens is 2. The SMILES string of the molecule is O=C(CCc1cc(-c2ccc(C(F)(F)F)cc2F)ncn1)[C@@H]1C[C@@H](F)CN1S(=O)(=O)c1ccc(F)cc1. The van der Waals surface area contributed by atoms with E-state index in [1.807, 2.05) is 0 Å². The topological polar surface area (TPSA) is 80.2 Å². The number of hydrogen-bond acceptors (Lipinski definition) is 5. The van der Waals surface area contributed by atoms with E-state index in [0.717, 1.165) is 41.0 Å². The predicted octanol–water partition coefficient (Wildman–Crippen LogP) is 4.74. The highest BCUT2D eigenvalue weighted by Gasteiger charge is 2.43. The van der Waals surface area contributed by atoms with Crippen LogP contribution in [0.15, 0.2) is 59.8 Å². The summed E-state index contributed by atoms with van der Waals surface area (Å²) >= 11 is 0. The van der Waals surface area contributed by atoms with Crippen LogP contribution in [0.25, 0.3) is 11.3 Å². The van der Waals surface area contributed by atoms with Crippen molar-refractivity contribution < 1.29 is 39.6 Å². The Kier molecular flexibility index (Phi) is 7.38. The minimum absolute atomic E-state index is 0.00567. The molecule has 0 saturated carbocycles. The van der Waals surface area contributed by atoms with Gasteiger partial charge in [0.05, 0.1) is 22.2 Å². The first-order valence-electron chi connectivity index (χ1n) is 11.0. The largest absolute Gasteiger partial charge is 0.416 e. The highest BCUT2D eigenvalue weighted by molar-refractivity contribution is 7.89. The van der Waals surface area contributed by atoms with Gasteiger partial charge in [0.25, 0.3) is 0 Å². The zero-order valence-electron chi connectivity index (χ0n) is 18.9. The summed E-state index contributed by atoms with van der Waals surface area (Å²) in [6, 6.07) is 5.97. The van der Waals surface area contributed by atoms with Crippen molar-refractivity contribution in [2.24, 2.45) is 0 Å². The summed E-state index contributed by atoms with van der Waals surface area (Å²) in [5, 5.41) is 0. The van der Waals surface area contributed by atoms with E-state index in [1.165, 1.54) is 6.07 Å². The number of carbonyl (C=O) groups is 1. The maximum Gasteiger partial charge on any atom is 0.416 e. The fourth-order valence-corrected chi connectivity index (χ4v) is 5.70. The van der Waals surface area contributed by atoms with Crippen molar-refractivity contribution in [1.29, 1.82) is 0 Å². The Morgan fingerprint density at radius 2 is 1.73 bits per heavy atom. The van der Waals surface area contributed by atoms with Crippen LogP contribution in [0.4, 0.5) is 26.3 Å². The molecule has 1 aromatic heterocycles. The predicted molar refractivity (Wildman–Crippen MR) is 119 cm³/mol. The lowest BCUT2D eigenvalue weighted by molar-refractivity contribution is -0.137. The Hall–Kier alpha value is -3.32. The van der Waals surface area contributed by atoms with Gasteiger partial charge in [0, 0.05) is 30.6 Å². The van der Waals surface area contributed by atoms with Crippen molar-refractivity contribution in [3.8, 4) is 11.3 Å². The first-order chi connectivity index (χ1) is 17.4. The average molecular weight is 543 g/mol. The highest BCUT2D eigenvalue weighted by Crippen LogP contribution is 2.33. The first-order valence-corrected chi connectivity index (χ1v) is 12.4. The number of ketones is 1. The van der Waals surface area contributed by atoms with E-state index in [1.54, 1.807) is 0 Å². The number of halogens is 6. The maximum atomic E-state index is 14.3. The van der Waals surface area contributed by atoms with Crippen molar-refractivity contribution >= 4 is 15.8 Å². The molecule has 37 heavy (non-hydrogen) atoms. The van der Waals surface area contributed by atoms with Crippen molar-refractivity contribution in [3.05, 3.63) is 77.8 Å². The second-order valence-corrected chi connectivity index (χ2v) is 10.3. The molecule has 1 saturated heterocycles. The molecule has 13 heteroatoms. The van der Waals surface area contributed by atoms with Gasteiger partial charge in [-0.05, 0) is 55.0 Å². The molecule has 0 radical (unpaired) electrons. The van der Waals surface area contributed by atoms with Crippen LogP contribution < -0.4 is 0 Å². The van der Waals surface area contributed by atoms with E-state index in [0.29, 0.717) is 12.1 Å². The third kappa shape index (κ3) is 5.82. The number of aryl methyl sites for hydroxylation is 1. The van der Waals surface area contributed by atoms with Gasteiger partial charge in [0.15, 0.2) is 5.78 Å². The minimum Gasteiger partial charge on any atom is -0.298 e. The lowest BCUT2D eigenvalue weighted by atomic mass is 10.0. The molecule has 196 valence electrons. The number of carbonyl (C=O) groups excluding carboxylic acids is 1. The lowest BCUT2D eigenvalue weighted by Gasteiger charge is -2.22. The zero-order valence-corrected chi connectivity index (χ0v) is 19.7. The van der Waals surface area contributed by atoms with Gasteiger partial charge < -0.3 is 0 Å². The van der Waals surface area contributed by atoms with Crippen LogP contribution in [0.3, 0.4) is 0 Å². The molecule has 2 atom stereocenters. The molecule has 2 aromatic carbocycles. The number of nitrogens with zero attached hydrogens (tertiary/aromatic N) is 3. The summed E-state index contributed by atoms with van der Waals surface area (Å²) < 4.78 is 107. The summed E-state index contributed by atoms with van der Waals surface area (Å²) in [6.45, 7) is -0.527. The number of rotatable bonds is 7. The number of alkyl halides is 4. The molecule has 0 bridgehead atoms. The maximum absolute atomic E-state index is 14.3. The number of Topliss-reactive ketones (excluding diaryl/α,β-unsaturated/α-hetero) is 1. The van der Waals surface area contributed by atoms with Crippen LogP contribution in [-0.4, -0.2) is 47.2 Å². The Bertz CT molecular complexity index is 1410. The van der Waals surface area contributed by atoms with Crippen molar-refractivity contribution in [2.75, 3.05) is 6.54 Å². The molecular formula is C24H19F6N3O3S. The molecule has 4 rings (SSSR count). The molecule has 0 unspecified atom stereocenters. The van der Waals surface area contributed by atoms with Gasteiger partial charge >= 0.3 is 6.18 Å². The van der Waals surface area contributed by atoms with E-state index in [-0.39, 0.29) is 41.1 Å². The van der Waals surface area contributed by atoms with Crippen LogP contribution in [0.2, 0.25) is 0 Å². The Morgan fingerprint density at radius 1 is 1.03 bits per heavy atom. The molecule has 6 nitrogen and oxygen atoms in total. The summed E-state index contributed by atoms with van der Waals surface area (Å²) in [5.74, 6) is -2.37. The van der Waals surface area contributed by atoms with Crippen molar-refractivity contribution in [2.45, 2.75) is 42.5 Å². The summed E-state index contributed by atoms with van der Waals surface area (Å²) in [6.07, 6.45) is -5.84. The van der Waals surface area contributed by atoms with Gasteiger partial charge in [-0.2, -0.15) is 17.5 Å². The standard InChI is InChI=1S/C24H19F6N3O3S/c25-15-2-5-18(6-3-15)37(35,36)33-12-16(26)10-22(33)23(34)8-4-17-11-21(32-13-31-17)19-7-1-14(9-20(19)27)24(28,29)30/h1-3,5-7,9,11,13,16,22H,4,8,10,12H2/t16-,22+/m1/s1. The fourth-order valence-electron chi connectivity index (χ4n) is 4.06. The quantitative estimate of drug-likeness (QED) is 0.402. The molecule has 0 spiro atoms. The molecule has 0 aliphatic carbocycles. The van der Waals surface area contributed by atoms with Crippen LogP contribution in [0.5, 0.6) is 0 Å². The summed E-state index contributed by atoms with van der Waals surface area (Å²) in [7, 11) is -4.27. The van der Waals surface area contributed by atoms with Gasteiger partial charge in [-0.15, -0.1) is 0 Å². The molecule has 3 aromatic rings. The van der Waals surface area contributed by atoms with E-state index < -0.39 is 57.9 Å². The van der Waals surface area contributed by atoms with E-state index in [4.69, 9.17) is 0 Å². The van der Waals surface area contributed by atoms with Crippen LogP contribution in [0, 0.1) is 11.6 Å². The first kappa shape index (κ1) is 26.7.